The van der Waals surface area contributed by atoms with Crippen molar-refractivity contribution in [2.24, 2.45) is 0 Å². The molecule has 2 aliphatic carbocycles. The average Bonchev–Trinajstić information content (AvgIpc) is 3.14. The summed E-state index contributed by atoms with van der Waals surface area (Å²) in [6.45, 7) is 14.3. The van der Waals surface area contributed by atoms with Crippen LogP contribution in [0.4, 0.5) is 0 Å². The van der Waals surface area contributed by atoms with Gasteiger partial charge in [-0.25, -0.2) is 0 Å². The summed E-state index contributed by atoms with van der Waals surface area (Å²) in [5, 5.41) is 0. The molecule has 0 radical (unpaired) electrons. The summed E-state index contributed by atoms with van der Waals surface area (Å²) >= 11 is -1.00. The van der Waals surface area contributed by atoms with Crippen LogP contribution in [0.3, 0.4) is 0 Å². The van der Waals surface area contributed by atoms with E-state index in [2.05, 4.69) is 65.8 Å². The van der Waals surface area contributed by atoms with Gasteiger partial charge in [-0.1, -0.05) is 0 Å². The molecule has 0 saturated carbocycles. The Labute approximate surface area is 168 Å². The number of hydrogen-bond donors (Lipinski definition) is 0. The van der Waals surface area contributed by atoms with Crippen LogP contribution in [0.5, 0.6) is 0 Å². The Morgan fingerprint density at radius 2 is 1.08 bits per heavy atom. The molecule has 0 aromatic rings. The predicted octanol–water partition coefficient (Wildman–Crippen LogP) is 8.36. The van der Waals surface area contributed by atoms with Crippen LogP contribution in [0.2, 0.25) is 6.34 Å². The Bertz CT molecular complexity index is 537. The second kappa shape index (κ2) is 9.16. The minimum atomic E-state index is -1.00. The van der Waals surface area contributed by atoms with Gasteiger partial charge in [-0.3, -0.25) is 0 Å². The topological polar surface area (TPSA) is 0 Å². The van der Waals surface area contributed by atoms with Gasteiger partial charge in [-0.2, -0.15) is 0 Å². The quantitative estimate of drug-likeness (QED) is 0.262. The van der Waals surface area contributed by atoms with E-state index in [0.29, 0.717) is 6.34 Å². The van der Waals surface area contributed by atoms with Crippen molar-refractivity contribution in [1.29, 1.82) is 0 Å². The molecule has 2 rings (SSSR count). The molecular formula is C24H38Hf. The molecule has 25 heavy (non-hydrogen) atoms. The summed E-state index contributed by atoms with van der Waals surface area (Å²) < 4.78 is 0.948. The van der Waals surface area contributed by atoms with Gasteiger partial charge in [0.15, 0.2) is 0 Å². The van der Waals surface area contributed by atoms with Crippen LogP contribution in [-0.2, 0) is 22.9 Å². The van der Waals surface area contributed by atoms with Crippen LogP contribution in [0.15, 0.2) is 46.6 Å². The maximum atomic E-state index is 2.74. The van der Waals surface area contributed by atoms with Gasteiger partial charge >= 0.3 is 169 Å². The van der Waals surface area contributed by atoms with Crippen LogP contribution in [-0.4, -0.2) is 0 Å². The van der Waals surface area contributed by atoms with Crippen molar-refractivity contribution in [1.82, 2.24) is 0 Å². The van der Waals surface area contributed by atoms with E-state index in [1.165, 1.54) is 51.4 Å². The maximum absolute atomic E-state index is 2.74. The van der Waals surface area contributed by atoms with Crippen molar-refractivity contribution in [3.05, 3.63) is 46.6 Å². The van der Waals surface area contributed by atoms with E-state index >= 15 is 0 Å². The molecule has 2 aliphatic rings. The van der Waals surface area contributed by atoms with Gasteiger partial charge in [-0.05, 0) is 0 Å². The van der Waals surface area contributed by atoms with E-state index in [1.807, 2.05) is 0 Å². The Morgan fingerprint density at radius 1 is 0.680 bits per heavy atom. The third-order valence-electron chi connectivity index (χ3n) is 6.13. The monoisotopic (exact) mass is 506 g/mol. The fourth-order valence-corrected chi connectivity index (χ4v) is 13.7. The zero-order valence-electron chi connectivity index (χ0n) is 17.5. The summed E-state index contributed by atoms with van der Waals surface area (Å²) in [7, 11) is 0. The Morgan fingerprint density at radius 3 is 1.36 bits per heavy atom. The summed E-state index contributed by atoms with van der Waals surface area (Å²) in [5.74, 6) is 0. The fourth-order valence-electron chi connectivity index (χ4n) is 4.77. The van der Waals surface area contributed by atoms with Gasteiger partial charge in [0.25, 0.3) is 0 Å². The molecule has 0 fully saturated rings. The first-order valence-electron chi connectivity index (χ1n) is 10.7. The number of rotatable bonds is 10. The summed E-state index contributed by atoms with van der Waals surface area (Å²) in [6.07, 6.45) is 20.8. The zero-order valence-corrected chi connectivity index (χ0v) is 21.1. The molecule has 0 amide bonds. The molecule has 2 unspecified atom stereocenters. The standard InChI is InChI=1S/2C12H19.Hf/c2*1-4-7-10-8-11(5-2)12(6-3)9-10;/h2*8-9H,4-7H2,1-3H3;. The molecule has 0 aromatic carbocycles. The molecule has 0 aromatic heterocycles. The summed E-state index contributed by atoms with van der Waals surface area (Å²) in [4.78, 5) is 0. The second-order valence-electron chi connectivity index (χ2n) is 7.76. The van der Waals surface area contributed by atoms with Crippen molar-refractivity contribution < 1.29 is 22.9 Å². The number of allylic oxidation sites excluding steroid dienone is 8. The third kappa shape index (κ3) is 4.23. The fraction of sp³-hybridized carbons (Fsp3) is 0.667. The van der Waals surface area contributed by atoms with Crippen molar-refractivity contribution in [2.75, 3.05) is 0 Å². The average molecular weight is 505 g/mol. The van der Waals surface area contributed by atoms with Gasteiger partial charge in [0.05, 0.1) is 0 Å². The van der Waals surface area contributed by atoms with Crippen LogP contribution >= 0.6 is 0 Å². The first kappa shape index (κ1) is 21.1. The van der Waals surface area contributed by atoms with E-state index in [-0.39, 0.29) is 0 Å². The van der Waals surface area contributed by atoms with Crippen molar-refractivity contribution >= 4 is 0 Å². The normalized spacial score (nSPS) is 28.6. The van der Waals surface area contributed by atoms with Crippen LogP contribution < -0.4 is 0 Å². The Hall–Kier alpha value is -0.170. The Balaban J connectivity index is 2.42. The first-order valence-corrected chi connectivity index (χ1v) is 14.3. The van der Waals surface area contributed by atoms with E-state index in [4.69, 9.17) is 0 Å². The van der Waals surface area contributed by atoms with Gasteiger partial charge in [-0.15, -0.1) is 0 Å². The molecule has 1 heteroatoms. The van der Waals surface area contributed by atoms with Crippen molar-refractivity contribution in [3.8, 4) is 0 Å². The summed E-state index contributed by atoms with van der Waals surface area (Å²) in [6, 6.07) is 0. The van der Waals surface area contributed by atoms with Gasteiger partial charge in [0.2, 0.25) is 0 Å². The third-order valence-corrected chi connectivity index (χ3v) is 15.2. The molecule has 2 atom stereocenters. The Kier molecular flexibility index (Phi) is 7.74. The first-order chi connectivity index (χ1) is 12.0. The number of hydrogen-bond acceptors (Lipinski definition) is 0. The van der Waals surface area contributed by atoms with Crippen LogP contribution in [0.1, 0.15) is 92.9 Å². The molecule has 0 bridgehead atoms. The van der Waals surface area contributed by atoms with Crippen LogP contribution in [0.25, 0.3) is 0 Å². The molecular weight excluding hydrogens is 467 g/mol. The minimum absolute atomic E-state index is 0.474. The molecule has 0 N–H and O–H groups in total. The van der Waals surface area contributed by atoms with E-state index in [0.717, 1.165) is 0 Å². The van der Waals surface area contributed by atoms with E-state index in [1.54, 1.807) is 22.3 Å². The molecule has 0 heterocycles. The van der Waals surface area contributed by atoms with E-state index in [9.17, 15) is 0 Å². The molecule has 138 valence electrons. The summed E-state index contributed by atoms with van der Waals surface area (Å²) in [5.41, 5.74) is 6.81. The predicted molar refractivity (Wildman–Crippen MR) is 109 cm³/mol. The van der Waals surface area contributed by atoms with E-state index < -0.39 is 22.9 Å². The second-order valence-corrected chi connectivity index (χ2v) is 15.1. The molecule has 0 nitrogen and oxygen atoms in total. The van der Waals surface area contributed by atoms with Gasteiger partial charge < -0.3 is 0 Å². The van der Waals surface area contributed by atoms with Gasteiger partial charge in [0.1, 0.15) is 0 Å². The van der Waals surface area contributed by atoms with Gasteiger partial charge in [0, 0.05) is 0 Å². The molecule has 0 aliphatic heterocycles. The van der Waals surface area contributed by atoms with Crippen molar-refractivity contribution in [3.63, 3.8) is 0 Å². The van der Waals surface area contributed by atoms with Crippen molar-refractivity contribution in [2.45, 2.75) is 99.3 Å². The SMILES string of the molecule is CCCC1=C[C](CC)([Hf][C]2(CC)C=C(CCC)C=C2CC)C(CC)=C1. The zero-order chi connectivity index (χ0) is 18.5. The van der Waals surface area contributed by atoms with Crippen LogP contribution in [0, 0.1) is 0 Å². The molecule has 0 spiro atoms. The molecule has 0 saturated heterocycles.